The number of methoxy groups -OCH3 is 2. The molecule has 0 aliphatic rings. The van der Waals surface area contributed by atoms with Gasteiger partial charge in [0.15, 0.2) is 0 Å². The summed E-state index contributed by atoms with van der Waals surface area (Å²) in [6.07, 6.45) is -0.986. The molecular formula is C10H18O6Si. The van der Waals surface area contributed by atoms with Gasteiger partial charge in [0.25, 0.3) is 6.29 Å². The first-order valence-corrected chi connectivity index (χ1v) is 6.65. The van der Waals surface area contributed by atoms with Crippen LogP contribution >= 0.6 is 0 Å². The molecule has 0 aromatic heterocycles. The molecule has 0 saturated carbocycles. The summed E-state index contributed by atoms with van der Waals surface area (Å²) in [5.74, 6) is -0.982. The summed E-state index contributed by atoms with van der Waals surface area (Å²) >= 11 is 0. The second-order valence-electron chi connectivity index (χ2n) is 3.24. The Morgan fingerprint density at radius 3 is 2.35 bits per heavy atom. The van der Waals surface area contributed by atoms with Crippen molar-refractivity contribution in [2.45, 2.75) is 19.3 Å². The molecule has 0 aromatic carbocycles. The zero-order valence-corrected chi connectivity index (χ0v) is 11.8. The van der Waals surface area contributed by atoms with Crippen LogP contribution in [0.15, 0.2) is 12.2 Å². The summed E-state index contributed by atoms with van der Waals surface area (Å²) in [5.41, 5.74) is 0.350. The van der Waals surface area contributed by atoms with E-state index in [1.54, 1.807) is 6.92 Å². The molecule has 0 aliphatic heterocycles. The standard InChI is InChI=1S/C10H18O6Si/c1-7(2)8(11)15-5-6-17-16-9(12)10(13-3)14-4/h10H,1,5-6,17H2,2-4H3. The molecule has 0 aliphatic carbocycles. The Labute approximate surface area is 103 Å². The fourth-order valence-corrected chi connectivity index (χ4v) is 1.62. The normalized spacial score (nSPS) is 10.8. The van der Waals surface area contributed by atoms with Gasteiger partial charge in [0.1, 0.15) is 0 Å². The molecule has 0 heterocycles. The molecule has 0 bridgehead atoms. The zero-order chi connectivity index (χ0) is 13.3. The highest BCUT2D eigenvalue weighted by atomic mass is 28.2. The molecule has 0 amide bonds. The number of hydrogen-bond donors (Lipinski definition) is 0. The van der Waals surface area contributed by atoms with Crippen molar-refractivity contribution < 1.29 is 28.2 Å². The lowest BCUT2D eigenvalue weighted by atomic mass is 10.4. The third-order valence-electron chi connectivity index (χ3n) is 1.74. The van der Waals surface area contributed by atoms with Gasteiger partial charge in [-0.05, 0) is 6.92 Å². The second kappa shape index (κ2) is 8.91. The van der Waals surface area contributed by atoms with Gasteiger partial charge in [0.05, 0.1) is 6.61 Å². The number of ether oxygens (including phenoxy) is 3. The number of rotatable bonds is 8. The van der Waals surface area contributed by atoms with Crippen LogP contribution in [0.1, 0.15) is 6.92 Å². The molecule has 98 valence electrons. The van der Waals surface area contributed by atoms with Crippen molar-refractivity contribution in [3.05, 3.63) is 12.2 Å². The van der Waals surface area contributed by atoms with Gasteiger partial charge in [-0.3, -0.25) is 0 Å². The molecule has 0 aromatic rings. The first kappa shape index (κ1) is 15.8. The summed E-state index contributed by atoms with van der Waals surface area (Å²) in [4.78, 5) is 22.2. The van der Waals surface area contributed by atoms with Crippen molar-refractivity contribution in [2.75, 3.05) is 20.8 Å². The fourth-order valence-electron chi connectivity index (χ4n) is 0.876. The molecule has 0 N–H and O–H groups in total. The average Bonchev–Trinajstić information content (AvgIpc) is 2.29. The Bertz CT molecular complexity index is 274. The molecule has 0 saturated heterocycles. The Morgan fingerprint density at radius 2 is 1.88 bits per heavy atom. The largest absolute Gasteiger partial charge is 0.521 e. The van der Waals surface area contributed by atoms with Crippen LogP contribution in [0.5, 0.6) is 0 Å². The second-order valence-corrected chi connectivity index (χ2v) is 4.64. The minimum atomic E-state index is -1.08. The molecule has 7 heteroatoms. The van der Waals surface area contributed by atoms with E-state index in [2.05, 4.69) is 6.58 Å². The van der Waals surface area contributed by atoms with E-state index >= 15 is 0 Å². The predicted octanol–water partition coefficient (Wildman–Crippen LogP) is -0.230. The number of hydrogen-bond acceptors (Lipinski definition) is 6. The quantitative estimate of drug-likeness (QED) is 0.198. The number of carbonyl (C=O) groups excluding carboxylic acids is 2. The summed E-state index contributed by atoms with van der Waals surface area (Å²) in [6.45, 7) is 5.25. The van der Waals surface area contributed by atoms with Gasteiger partial charge < -0.3 is 18.6 Å². The van der Waals surface area contributed by atoms with Gasteiger partial charge in [-0.2, -0.15) is 0 Å². The average molecular weight is 262 g/mol. The topological polar surface area (TPSA) is 71.1 Å². The number of esters is 1. The monoisotopic (exact) mass is 262 g/mol. The van der Waals surface area contributed by atoms with Crippen LogP contribution in [0.3, 0.4) is 0 Å². The molecule has 0 unspecified atom stereocenters. The summed E-state index contributed by atoms with van der Waals surface area (Å²) in [7, 11) is 1.62. The van der Waals surface area contributed by atoms with Gasteiger partial charge in [-0.25, -0.2) is 9.59 Å². The molecule has 0 atom stereocenters. The summed E-state index contributed by atoms with van der Waals surface area (Å²) in [5, 5.41) is 0. The molecule has 0 fully saturated rings. The summed E-state index contributed by atoms with van der Waals surface area (Å²) < 4.78 is 19.2. The molecule has 6 nitrogen and oxygen atoms in total. The van der Waals surface area contributed by atoms with Crippen molar-refractivity contribution in [1.29, 1.82) is 0 Å². The van der Waals surface area contributed by atoms with Crippen molar-refractivity contribution in [3.8, 4) is 0 Å². The SMILES string of the molecule is C=C(C)C(=O)OCC[SiH2]OC(=O)C(OC)OC. The van der Waals surface area contributed by atoms with Crippen molar-refractivity contribution in [1.82, 2.24) is 0 Å². The predicted molar refractivity (Wildman–Crippen MR) is 63.0 cm³/mol. The third-order valence-corrected chi connectivity index (χ3v) is 2.80. The first-order chi connectivity index (χ1) is 8.02. The van der Waals surface area contributed by atoms with Crippen LogP contribution in [0.25, 0.3) is 0 Å². The molecular weight excluding hydrogens is 244 g/mol. The summed E-state index contributed by atoms with van der Waals surface area (Å²) in [6, 6.07) is 0.547. The molecule has 17 heavy (non-hydrogen) atoms. The first-order valence-electron chi connectivity index (χ1n) is 5.07. The van der Waals surface area contributed by atoms with Crippen LogP contribution in [-0.2, 0) is 28.2 Å². The van der Waals surface area contributed by atoms with E-state index in [0.717, 1.165) is 0 Å². The van der Waals surface area contributed by atoms with Crippen LogP contribution in [0.2, 0.25) is 6.04 Å². The Balaban J connectivity index is 3.61. The van der Waals surface area contributed by atoms with E-state index in [9.17, 15) is 9.59 Å². The van der Waals surface area contributed by atoms with E-state index in [0.29, 0.717) is 11.6 Å². The smallest absolute Gasteiger partial charge is 0.349 e. The van der Waals surface area contributed by atoms with Crippen LogP contribution < -0.4 is 0 Å². The van der Waals surface area contributed by atoms with Crippen molar-refractivity contribution in [3.63, 3.8) is 0 Å². The maximum Gasteiger partial charge on any atom is 0.349 e. The van der Waals surface area contributed by atoms with Crippen molar-refractivity contribution in [2.24, 2.45) is 0 Å². The lowest BCUT2D eigenvalue weighted by Gasteiger charge is -2.12. The van der Waals surface area contributed by atoms with Crippen LogP contribution in [0, 0.1) is 0 Å². The van der Waals surface area contributed by atoms with E-state index in [1.165, 1.54) is 14.2 Å². The lowest BCUT2D eigenvalue weighted by molar-refractivity contribution is -0.174. The maximum absolute atomic E-state index is 11.3. The molecule has 0 spiro atoms. The molecule has 0 radical (unpaired) electrons. The van der Waals surface area contributed by atoms with Crippen LogP contribution in [-0.4, -0.2) is 48.8 Å². The van der Waals surface area contributed by atoms with Gasteiger partial charge in [0.2, 0.25) is 9.76 Å². The van der Waals surface area contributed by atoms with Gasteiger partial charge in [-0.15, -0.1) is 0 Å². The lowest BCUT2D eigenvalue weighted by Crippen LogP contribution is -2.28. The van der Waals surface area contributed by atoms with Gasteiger partial charge in [-0.1, -0.05) is 6.58 Å². The van der Waals surface area contributed by atoms with Crippen LogP contribution in [0.4, 0.5) is 0 Å². The highest BCUT2D eigenvalue weighted by Gasteiger charge is 2.17. The van der Waals surface area contributed by atoms with Gasteiger partial charge >= 0.3 is 11.9 Å². The Hall–Kier alpha value is -1.18. The highest BCUT2D eigenvalue weighted by molar-refractivity contribution is 6.30. The zero-order valence-electron chi connectivity index (χ0n) is 10.4. The highest BCUT2D eigenvalue weighted by Crippen LogP contribution is 1.97. The number of carbonyl (C=O) groups is 2. The Kier molecular flexibility index (Phi) is 8.29. The van der Waals surface area contributed by atoms with Gasteiger partial charge in [0, 0.05) is 25.8 Å². The fraction of sp³-hybridized carbons (Fsp3) is 0.600. The third kappa shape index (κ3) is 6.87. The minimum Gasteiger partial charge on any atom is -0.521 e. The Morgan fingerprint density at radius 1 is 1.29 bits per heavy atom. The maximum atomic E-state index is 11.3. The van der Waals surface area contributed by atoms with E-state index in [1.807, 2.05) is 0 Å². The van der Waals surface area contributed by atoms with E-state index in [-0.39, 0.29) is 6.61 Å². The van der Waals surface area contributed by atoms with E-state index < -0.39 is 28.0 Å². The minimum absolute atomic E-state index is 0.232. The molecule has 0 rings (SSSR count). The van der Waals surface area contributed by atoms with E-state index in [4.69, 9.17) is 18.6 Å². The van der Waals surface area contributed by atoms with Crippen molar-refractivity contribution >= 4 is 21.7 Å².